The number of carbonyl (C=O) groups excluding carboxylic acids is 1. The van der Waals surface area contributed by atoms with E-state index >= 15 is 0 Å². The first-order valence-electron chi connectivity index (χ1n) is 7.84. The highest BCUT2D eigenvalue weighted by molar-refractivity contribution is 5.92. The summed E-state index contributed by atoms with van der Waals surface area (Å²) in [5.41, 5.74) is -1.85. The first-order valence-corrected chi connectivity index (χ1v) is 7.84. The average Bonchev–Trinajstić information content (AvgIpc) is 2.88. The molecule has 4 bridgehead atoms. The van der Waals surface area contributed by atoms with Gasteiger partial charge in [-0.3, -0.25) is 4.79 Å². The summed E-state index contributed by atoms with van der Waals surface area (Å²) in [7, 11) is 0. The Labute approximate surface area is 126 Å². The molecule has 3 nitrogen and oxygen atoms in total. The van der Waals surface area contributed by atoms with Gasteiger partial charge in [0.15, 0.2) is 0 Å². The normalized spacial score (nSPS) is 40.0. The summed E-state index contributed by atoms with van der Waals surface area (Å²) in [5.74, 6) is -0.108. The minimum atomic E-state index is -4.17. The maximum atomic E-state index is 13.7. The standard InChI is InChI=1S/C16H19F3N2O/c17-16(18,19)14-5-10-4-11(6-14)8-15(7-10,9-14)21-13(22)12-2-1-3-20-12/h1-3,10-11,20H,4-9H2,(H,21,22). The quantitative estimate of drug-likeness (QED) is 0.860. The van der Waals surface area contributed by atoms with Crippen molar-refractivity contribution in [1.29, 1.82) is 0 Å². The number of nitrogens with one attached hydrogen (secondary N) is 2. The third-order valence-corrected chi connectivity index (χ3v) is 5.88. The molecule has 1 amide bonds. The van der Waals surface area contributed by atoms with Gasteiger partial charge >= 0.3 is 6.18 Å². The highest BCUT2D eigenvalue weighted by atomic mass is 19.4. The number of alkyl halides is 3. The van der Waals surface area contributed by atoms with Crippen LogP contribution >= 0.6 is 0 Å². The fourth-order valence-electron chi connectivity index (χ4n) is 5.52. The molecule has 4 aliphatic rings. The maximum Gasteiger partial charge on any atom is 0.394 e. The molecule has 0 radical (unpaired) electrons. The number of hydrogen-bond donors (Lipinski definition) is 2. The Morgan fingerprint density at radius 1 is 1.23 bits per heavy atom. The summed E-state index contributed by atoms with van der Waals surface area (Å²) in [4.78, 5) is 15.1. The Balaban J connectivity index is 1.63. The fraction of sp³-hybridized carbons (Fsp3) is 0.688. The highest BCUT2D eigenvalue weighted by Gasteiger charge is 2.67. The van der Waals surface area contributed by atoms with Gasteiger partial charge in [-0.15, -0.1) is 0 Å². The molecule has 2 unspecified atom stereocenters. The number of halogens is 3. The third-order valence-electron chi connectivity index (χ3n) is 5.88. The van der Waals surface area contributed by atoms with E-state index in [2.05, 4.69) is 10.3 Å². The lowest BCUT2D eigenvalue weighted by Crippen LogP contribution is -2.66. The number of H-pyrrole nitrogens is 1. The SMILES string of the molecule is O=C(NC12CC3CC(C1)CC(C(F)(F)F)(C3)C2)c1ccc[nH]1. The molecule has 4 saturated carbocycles. The van der Waals surface area contributed by atoms with Crippen LogP contribution in [0.15, 0.2) is 18.3 Å². The summed E-state index contributed by atoms with van der Waals surface area (Å²) in [6, 6.07) is 3.36. The summed E-state index contributed by atoms with van der Waals surface area (Å²) in [6.07, 6.45) is 0.266. The molecule has 1 aromatic rings. The van der Waals surface area contributed by atoms with E-state index in [0.29, 0.717) is 18.5 Å². The van der Waals surface area contributed by atoms with Gasteiger partial charge in [-0.05, 0) is 62.5 Å². The second-order valence-electron chi connectivity index (χ2n) is 7.56. The molecule has 5 rings (SSSR count). The summed E-state index contributed by atoms with van der Waals surface area (Å²) < 4.78 is 41.0. The Kier molecular flexibility index (Phi) is 2.76. The van der Waals surface area contributed by atoms with Gasteiger partial charge in [0.2, 0.25) is 0 Å². The fourth-order valence-corrected chi connectivity index (χ4v) is 5.52. The molecule has 0 aliphatic heterocycles. The Bertz CT molecular complexity index is 579. The van der Waals surface area contributed by atoms with Crippen LogP contribution in [0.1, 0.15) is 49.0 Å². The van der Waals surface area contributed by atoms with E-state index in [1.54, 1.807) is 18.3 Å². The van der Waals surface area contributed by atoms with Crippen LogP contribution in [0.5, 0.6) is 0 Å². The average molecular weight is 312 g/mol. The second-order valence-corrected chi connectivity index (χ2v) is 7.56. The summed E-state index contributed by atoms with van der Waals surface area (Å²) in [5, 5.41) is 2.95. The van der Waals surface area contributed by atoms with Gasteiger partial charge in [0.1, 0.15) is 5.69 Å². The van der Waals surface area contributed by atoms with Gasteiger partial charge in [-0.1, -0.05) is 0 Å². The summed E-state index contributed by atoms with van der Waals surface area (Å²) >= 11 is 0. The Morgan fingerprint density at radius 3 is 2.45 bits per heavy atom. The second kappa shape index (κ2) is 4.30. The van der Waals surface area contributed by atoms with Crippen LogP contribution in [0.4, 0.5) is 13.2 Å². The molecule has 2 atom stereocenters. The molecule has 120 valence electrons. The van der Waals surface area contributed by atoms with Crippen LogP contribution in [0.2, 0.25) is 0 Å². The molecule has 0 spiro atoms. The lowest BCUT2D eigenvalue weighted by Gasteiger charge is -2.62. The minimum Gasteiger partial charge on any atom is -0.357 e. The van der Waals surface area contributed by atoms with Crippen molar-refractivity contribution >= 4 is 5.91 Å². The van der Waals surface area contributed by atoms with E-state index in [1.165, 1.54) is 0 Å². The van der Waals surface area contributed by atoms with Crippen molar-refractivity contribution in [2.75, 3.05) is 0 Å². The van der Waals surface area contributed by atoms with Gasteiger partial charge < -0.3 is 10.3 Å². The lowest BCUT2D eigenvalue weighted by atomic mass is 9.46. The Hall–Kier alpha value is -1.46. The molecular formula is C16H19F3N2O. The Morgan fingerprint density at radius 2 is 1.91 bits per heavy atom. The van der Waals surface area contributed by atoms with Gasteiger partial charge in [0.05, 0.1) is 5.41 Å². The third kappa shape index (κ3) is 1.99. The van der Waals surface area contributed by atoms with Gasteiger partial charge in [-0.25, -0.2) is 0 Å². The van der Waals surface area contributed by atoms with Gasteiger partial charge in [0, 0.05) is 11.7 Å². The molecule has 4 fully saturated rings. The van der Waals surface area contributed by atoms with E-state index in [-0.39, 0.29) is 37.0 Å². The minimum absolute atomic E-state index is 0.0446. The zero-order valence-electron chi connectivity index (χ0n) is 12.2. The monoisotopic (exact) mass is 312 g/mol. The van der Waals surface area contributed by atoms with Crippen molar-refractivity contribution in [3.05, 3.63) is 24.0 Å². The highest BCUT2D eigenvalue weighted by Crippen LogP contribution is 2.66. The molecule has 22 heavy (non-hydrogen) atoms. The summed E-state index contributed by atoms with van der Waals surface area (Å²) in [6.45, 7) is 0. The molecule has 6 heteroatoms. The molecule has 1 aromatic heterocycles. The molecule has 4 aliphatic carbocycles. The number of aromatic amines is 1. The van der Waals surface area contributed by atoms with Crippen LogP contribution in [-0.2, 0) is 0 Å². The molecule has 0 aromatic carbocycles. The largest absolute Gasteiger partial charge is 0.394 e. The van der Waals surface area contributed by atoms with E-state index in [1.807, 2.05) is 0 Å². The smallest absolute Gasteiger partial charge is 0.357 e. The topological polar surface area (TPSA) is 44.9 Å². The predicted molar refractivity (Wildman–Crippen MR) is 74.2 cm³/mol. The van der Waals surface area contributed by atoms with E-state index < -0.39 is 17.1 Å². The van der Waals surface area contributed by atoms with Crippen LogP contribution < -0.4 is 5.32 Å². The van der Waals surface area contributed by atoms with Crippen molar-refractivity contribution in [3.8, 4) is 0 Å². The van der Waals surface area contributed by atoms with Crippen LogP contribution in [0.3, 0.4) is 0 Å². The molecular weight excluding hydrogens is 293 g/mol. The maximum absolute atomic E-state index is 13.7. The molecule has 0 saturated heterocycles. The van der Waals surface area contributed by atoms with E-state index in [9.17, 15) is 18.0 Å². The van der Waals surface area contributed by atoms with E-state index in [0.717, 1.165) is 6.42 Å². The van der Waals surface area contributed by atoms with Gasteiger partial charge in [0.25, 0.3) is 5.91 Å². The number of hydrogen-bond acceptors (Lipinski definition) is 1. The number of amides is 1. The molecule has 1 heterocycles. The van der Waals surface area contributed by atoms with E-state index in [4.69, 9.17) is 0 Å². The zero-order valence-corrected chi connectivity index (χ0v) is 12.2. The van der Waals surface area contributed by atoms with Crippen molar-refractivity contribution in [2.45, 2.75) is 50.2 Å². The number of carbonyl (C=O) groups is 1. The first-order chi connectivity index (χ1) is 10.3. The predicted octanol–water partition coefficient (Wildman–Crippen LogP) is 3.65. The first kappa shape index (κ1) is 14.2. The lowest BCUT2D eigenvalue weighted by molar-refractivity contribution is -0.277. The van der Waals surface area contributed by atoms with Crippen LogP contribution in [0.25, 0.3) is 0 Å². The number of aromatic nitrogens is 1. The number of rotatable bonds is 2. The van der Waals surface area contributed by atoms with Crippen LogP contribution in [0, 0.1) is 17.3 Å². The van der Waals surface area contributed by atoms with Crippen molar-refractivity contribution < 1.29 is 18.0 Å². The zero-order chi connectivity index (χ0) is 15.6. The van der Waals surface area contributed by atoms with Crippen LogP contribution in [-0.4, -0.2) is 22.6 Å². The molecule has 2 N–H and O–H groups in total. The van der Waals surface area contributed by atoms with Crippen molar-refractivity contribution in [3.63, 3.8) is 0 Å². The van der Waals surface area contributed by atoms with Crippen molar-refractivity contribution in [1.82, 2.24) is 10.3 Å². The van der Waals surface area contributed by atoms with Crippen molar-refractivity contribution in [2.24, 2.45) is 17.3 Å². The van der Waals surface area contributed by atoms with Gasteiger partial charge in [-0.2, -0.15) is 13.2 Å².